The Hall–Kier alpha value is -1.21. The lowest BCUT2D eigenvalue weighted by molar-refractivity contribution is -0.139. The fourth-order valence-corrected chi connectivity index (χ4v) is 6.43. The van der Waals surface area contributed by atoms with Crippen molar-refractivity contribution in [1.29, 1.82) is 0 Å². The minimum Gasteiger partial charge on any atom is -0.455 e. The van der Waals surface area contributed by atoms with Crippen molar-refractivity contribution in [3.63, 3.8) is 0 Å². The number of hydrogen-bond donors (Lipinski definition) is 3. The van der Waals surface area contributed by atoms with Crippen LogP contribution in [0.1, 0.15) is 168 Å². The number of esters is 1. The van der Waals surface area contributed by atoms with E-state index in [0.29, 0.717) is 19.3 Å². The predicted octanol–water partition coefficient (Wildman–Crippen LogP) is 8.65. The third kappa shape index (κ3) is 17.8. The Morgan fingerprint density at radius 1 is 0.767 bits per heavy atom. The molecule has 2 aliphatic heterocycles. The van der Waals surface area contributed by atoms with E-state index in [1.54, 1.807) is 0 Å². The van der Waals surface area contributed by atoms with Gasteiger partial charge in [0.25, 0.3) is 0 Å². The third-order valence-corrected chi connectivity index (χ3v) is 9.26. The second-order valence-corrected chi connectivity index (χ2v) is 13.3. The first kappa shape index (κ1) is 38.0. The van der Waals surface area contributed by atoms with E-state index < -0.39 is 18.3 Å². The van der Waals surface area contributed by atoms with E-state index >= 15 is 0 Å². The lowest BCUT2D eigenvalue weighted by Gasteiger charge is -2.22. The summed E-state index contributed by atoms with van der Waals surface area (Å²) in [5, 5.41) is 31.4. The van der Waals surface area contributed by atoms with E-state index in [9.17, 15) is 20.1 Å². The molecule has 2 aliphatic rings. The molecule has 0 unspecified atom stereocenters. The molecule has 1 fully saturated rings. The molecule has 2 heterocycles. The van der Waals surface area contributed by atoms with Crippen LogP contribution in [0.3, 0.4) is 0 Å². The fraction of sp³-hybridized carbons (Fsp3) is 0.865. The summed E-state index contributed by atoms with van der Waals surface area (Å²) < 4.78 is 11.3. The molecule has 6 heteroatoms. The van der Waals surface area contributed by atoms with Crippen LogP contribution in [0.15, 0.2) is 23.8 Å². The van der Waals surface area contributed by atoms with Crippen LogP contribution in [0.25, 0.3) is 0 Å². The number of ether oxygens (including phenoxy) is 2. The normalized spacial score (nSPS) is 22.7. The fourth-order valence-electron chi connectivity index (χ4n) is 6.43. The number of unbranched alkanes of at least 4 members (excludes halogenated alkanes) is 14. The van der Waals surface area contributed by atoms with Crippen molar-refractivity contribution in [2.24, 2.45) is 0 Å². The van der Waals surface area contributed by atoms with E-state index in [-0.39, 0.29) is 24.3 Å². The van der Waals surface area contributed by atoms with Gasteiger partial charge >= 0.3 is 5.97 Å². The van der Waals surface area contributed by atoms with Gasteiger partial charge in [-0.25, -0.2) is 4.79 Å². The van der Waals surface area contributed by atoms with Crippen molar-refractivity contribution < 1.29 is 29.6 Å². The standard InChI is InChI=1S/C37H66O6/c1-3-4-5-6-7-8-9-10-11-12-13-14-18-21-24-33(38)34(39)26-27-35(40)36-28-25-32(43-36)23-20-17-15-16-19-22-31-29-30(2)42-37(31)41/h14,18,29-30,32-36,38-40H,3-13,15-17,19-28H2,1-2H3/t30-,32+,33+,34+,35-,36-/m0/s1. The van der Waals surface area contributed by atoms with Crippen LogP contribution < -0.4 is 0 Å². The van der Waals surface area contributed by atoms with Gasteiger partial charge in [-0.1, -0.05) is 103 Å². The van der Waals surface area contributed by atoms with Crippen LogP contribution in [0, 0.1) is 0 Å². The number of carbonyl (C=O) groups excluding carboxylic acids is 1. The monoisotopic (exact) mass is 606 g/mol. The first-order valence-corrected chi connectivity index (χ1v) is 18.2. The van der Waals surface area contributed by atoms with Crippen molar-refractivity contribution in [3.8, 4) is 0 Å². The molecule has 250 valence electrons. The maximum atomic E-state index is 11.7. The third-order valence-electron chi connectivity index (χ3n) is 9.26. The summed E-state index contributed by atoms with van der Waals surface area (Å²) in [5.74, 6) is -0.147. The Balaban J connectivity index is 1.40. The molecule has 0 spiro atoms. The van der Waals surface area contributed by atoms with Gasteiger partial charge in [-0.05, 0) is 83.6 Å². The van der Waals surface area contributed by atoms with Crippen LogP contribution in [0.5, 0.6) is 0 Å². The topological polar surface area (TPSA) is 96.2 Å². The number of rotatable bonds is 27. The quantitative estimate of drug-likeness (QED) is 0.0492. The highest BCUT2D eigenvalue weighted by Gasteiger charge is 2.31. The van der Waals surface area contributed by atoms with Crippen LogP contribution in [0.2, 0.25) is 0 Å². The largest absolute Gasteiger partial charge is 0.455 e. The Morgan fingerprint density at radius 3 is 2.05 bits per heavy atom. The molecule has 0 aliphatic carbocycles. The average Bonchev–Trinajstić information content (AvgIpc) is 3.60. The van der Waals surface area contributed by atoms with Crippen molar-refractivity contribution in [2.75, 3.05) is 0 Å². The van der Waals surface area contributed by atoms with Crippen molar-refractivity contribution in [1.82, 2.24) is 0 Å². The van der Waals surface area contributed by atoms with E-state index in [1.165, 1.54) is 64.2 Å². The van der Waals surface area contributed by atoms with Crippen LogP contribution in [0.4, 0.5) is 0 Å². The zero-order valence-corrected chi connectivity index (χ0v) is 27.7. The second-order valence-electron chi connectivity index (χ2n) is 13.3. The second kappa shape index (κ2) is 24.1. The van der Waals surface area contributed by atoms with Crippen molar-refractivity contribution >= 4 is 5.97 Å². The summed E-state index contributed by atoms with van der Waals surface area (Å²) in [7, 11) is 0. The molecule has 0 amide bonds. The predicted molar refractivity (Wildman–Crippen MR) is 176 cm³/mol. The smallest absolute Gasteiger partial charge is 0.334 e. The molecule has 6 nitrogen and oxygen atoms in total. The van der Waals surface area contributed by atoms with E-state index in [4.69, 9.17) is 9.47 Å². The van der Waals surface area contributed by atoms with Gasteiger partial charge < -0.3 is 24.8 Å². The molecule has 6 atom stereocenters. The Kier molecular flexibility index (Phi) is 21.3. The molecule has 1 saturated heterocycles. The molecule has 0 bridgehead atoms. The molecule has 0 aromatic rings. The Bertz CT molecular complexity index is 764. The zero-order valence-electron chi connectivity index (χ0n) is 27.7. The summed E-state index contributed by atoms with van der Waals surface area (Å²) in [4.78, 5) is 11.7. The molecule has 3 N–H and O–H groups in total. The first-order chi connectivity index (χ1) is 20.9. The molecular formula is C37H66O6. The summed E-state index contributed by atoms with van der Waals surface area (Å²) in [5.41, 5.74) is 0.834. The summed E-state index contributed by atoms with van der Waals surface area (Å²) in [6.07, 6.45) is 30.2. The molecular weight excluding hydrogens is 540 g/mol. The molecule has 0 radical (unpaired) electrons. The van der Waals surface area contributed by atoms with Crippen LogP contribution >= 0.6 is 0 Å². The highest BCUT2D eigenvalue weighted by Crippen LogP contribution is 2.28. The van der Waals surface area contributed by atoms with Gasteiger partial charge in [0, 0.05) is 5.57 Å². The van der Waals surface area contributed by atoms with Gasteiger partial charge in [-0.15, -0.1) is 0 Å². The lowest BCUT2D eigenvalue weighted by Crippen LogP contribution is -2.31. The minimum absolute atomic E-state index is 0.0748. The molecule has 0 aromatic carbocycles. The van der Waals surface area contributed by atoms with Crippen molar-refractivity contribution in [3.05, 3.63) is 23.8 Å². The van der Waals surface area contributed by atoms with Gasteiger partial charge in [0.15, 0.2) is 0 Å². The SMILES string of the molecule is CCCCCCCCCCCCC=CCC[C@@H](O)[C@H](O)CC[C@H](O)[C@@H]1CC[C@@H](CCCCCCCC2=C[C@H](C)OC2=O)O1. The highest BCUT2D eigenvalue weighted by atomic mass is 16.5. The first-order valence-electron chi connectivity index (χ1n) is 18.2. The van der Waals surface area contributed by atoms with Gasteiger partial charge in [0.1, 0.15) is 6.10 Å². The van der Waals surface area contributed by atoms with Gasteiger partial charge in [-0.2, -0.15) is 0 Å². The molecule has 43 heavy (non-hydrogen) atoms. The maximum absolute atomic E-state index is 11.7. The maximum Gasteiger partial charge on any atom is 0.334 e. The number of cyclic esters (lactones) is 1. The number of carbonyl (C=O) groups is 1. The number of hydrogen-bond acceptors (Lipinski definition) is 6. The zero-order chi connectivity index (χ0) is 31.1. The minimum atomic E-state index is -0.804. The number of aliphatic hydroxyl groups is 3. The number of allylic oxidation sites excluding steroid dienone is 2. The summed E-state index contributed by atoms with van der Waals surface area (Å²) in [6, 6.07) is 0. The van der Waals surface area contributed by atoms with Gasteiger partial charge in [0.2, 0.25) is 0 Å². The van der Waals surface area contributed by atoms with E-state index in [1.807, 2.05) is 13.0 Å². The van der Waals surface area contributed by atoms with E-state index in [2.05, 4.69) is 19.1 Å². The number of aliphatic hydroxyl groups excluding tert-OH is 3. The van der Waals surface area contributed by atoms with Gasteiger partial charge in [-0.3, -0.25) is 0 Å². The van der Waals surface area contributed by atoms with Gasteiger partial charge in [0.05, 0.1) is 30.5 Å². The molecule has 2 rings (SSSR count). The molecule has 0 saturated carbocycles. The lowest BCUT2D eigenvalue weighted by atomic mass is 9.98. The summed E-state index contributed by atoms with van der Waals surface area (Å²) >= 11 is 0. The Morgan fingerprint density at radius 2 is 1.37 bits per heavy atom. The van der Waals surface area contributed by atoms with Crippen LogP contribution in [-0.4, -0.2) is 57.9 Å². The van der Waals surface area contributed by atoms with E-state index in [0.717, 1.165) is 76.2 Å². The van der Waals surface area contributed by atoms with Crippen molar-refractivity contribution in [2.45, 2.75) is 205 Å². The molecule has 0 aromatic heterocycles. The van der Waals surface area contributed by atoms with Crippen LogP contribution in [-0.2, 0) is 14.3 Å². The summed E-state index contributed by atoms with van der Waals surface area (Å²) in [6.45, 7) is 4.16. The Labute approximate surface area is 263 Å². The highest BCUT2D eigenvalue weighted by molar-refractivity contribution is 5.90. The average molecular weight is 607 g/mol.